The molecule has 2 atom stereocenters. The quantitative estimate of drug-likeness (QED) is 0.600. The van der Waals surface area contributed by atoms with Crippen molar-refractivity contribution in [1.29, 1.82) is 0 Å². The molecule has 0 saturated carbocycles. The lowest BCUT2D eigenvalue weighted by molar-refractivity contribution is -0.0265. The molecule has 1 aromatic carbocycles. The first-order valence-electron chi connectivity index (χ1n) is 9.57. The molecule has 1 aliphatic heterocycles. The lowest BCUT2D eigenvalue weighted by Gasteiger charge is -2.32. The van der Waals surface area contributed by atoms with E-state index in [1.54, 1.807) is 7.05 Å². The van der Waals surface area contributed by atoms with Gasteiger partial charge in [-0.25, -0.2) is 0 Å². The van der Waals surface area contributed by atoms with Gasteiger partial charge in [-0.05, 0) is 32.3 Å². The van der Waals surface area contributed by atoms with Crippen molar-refractivity contribution in [2.45, 2.75) is 39.2 Å². The summed E-state index contributed by atoms with van der Waals surface area (Å²) in [5.41, 5.74) is 2.52. The fourth-order valence-corrected chi connectivity index (χ4v) is 3.35. The van der Waals surface area contributed by atoms with Crippen LogP contribution in [-0.2, 0) is 11.2 Å². The number of rotatable bonds is 6. The van der Waals surface area contributed by atoms with Crippen LogP contribution in [0.25, 0.3) is 0 Å². The van der Waals surface area contributed by atoms with Crippen LogP contribution in [0.5, 0.6) is 0 Å². The molecule has 2 aromatic rings. The summed E-state index contributed by atoms with van der Waals surface area (Å²) >= 11 is 0. The van der Waals surface area contributed by atoms with Crippen molar-refractivity contribution in [3.05, 3.63) is 47.1 Å². The maximum absolute atomic E-state index is 6.10. The van der Waals surface area contributed by atoms with E-state index in [1.165, 1.54) is 11.1 Å². The van der Waals surface area contributed by atoms with E-state index in [4.69, 9.17) is 9.26 Å². The largest absolute Gasteiger partial charge is 0.373 e. The van der Waals surface area contributed by atoms with Gasteiger partial charge < -0.3 is 19.9 Å². The van der Waals surface area contributed by atoms with Crippen LogP contribution in [-0.4, -0.2) is 42.8 Å². The number of nitrogens with one attached hydrogen (secondary N) is 2. The molecular weight excluding hydrogens is 342 g/mol. The smallest absolute Gasteiger partial charge is 0.228 e. The number of guanidine groups is 1. The van der Waals surface area contributed by atoms with Gasteiger partial charge in [-0.3, -0.25) is 4.99 Å². The van der Waals surface area contributed by atoms with Crippen molar-refractivity contribution in [2.75, 3.05) is 26.7 Å². The van der Waals surface area contributed by atoms with E-state index in [0.29, 0.717) is 30.6 Å². The molecule has 146 valence electrons. The van der Waals surface area contributed by atoms with E-state index >= 15 is 0 Å². The Kier molecular flexibility index (Phi) is 6.81. The third-order valence-electron chi connectivity index (χ3n) is 4.81. The highest BCUT2D eigenvalue weighted by Gasteiger charge is 2.27. The van der Waals surface area contributed by atoms with E-state index in [2.05, 4.69) is 57.0 Å². The minimum atomic E-state index is 0.131. The highest BCUT2D eigenvalue weighted by Crippen LogP contribution is 2.33. The number of nitrogens with zero attached hydrogens (tertiary/aromatic N) is 3. The zero-order valence-corrected chi connectivity index (χ0v) is 16.4. The molecule has 1 fully saturated rings. The summed E-state index contributed by atoms with van der Waals surface area (Å²) in [4.78, 5) is 8.51. The number of aryl methyl sites for hydroxylation is 2. The van der Waals surface area contributed by atoms with Crippen molar-refractivity contribution in [3.63, 3.8) is 0 Å². The standard InChI is InChI=1S/C20H29N5O2/c1-14-6-8-16(9-7-14)19-17(5-4-12-26-19)13-23-20(21-3)22-11-10-18-24-15(2)25-27-18/h6-9,17,19H,4-5,10-13H2,1-3H3,(H2,21,22,23). The van der Waals surface area contributed by atoms with Gasteiger partial charge in [0, 0.05) is 39.1 Å². The Bertz CT molecular complexity index is 741. The van der Waals surface area contributed by atoms with E-state index < -0.39 is 0 Å². The van der Waals surface area contributed by atoms with Gasteiger partial charge in [-0.2, -0.15) is 4.98 Å². The summed E-state index contributed by atoms with van der Waals surface area (Å²) in [5, 5.41) is 10.5. The third-order valence-corrected chi connectivity index (χ3v) is 4.81. The second-order valence-electron chi connectivity index (χ2n) is 6.97. The molecular formula is C20H29N5O2. The predicted molar refractivity (Wildman–Crippen MR) is 105 cm³/mol. The van der Waals surface area contributed by atoms with Crippen LogP contribution in [0.4, 0.5) is 0 Å². The molecule has 0 amide bonds. The Morgan fingerprint density at radius 1 is 1.22 bits per heavy atom. The predicted octanol–water partition coefficient (Wildman–Crippen LogP) is 2.56. The SMILES string of the molecule is CN=C(NCCc1nc(C)no1)NCC1CCCOC1c1ccc(C)cc1. The van der Waals surface area contributed by atoms with Gasteiger partial charge in [-0.15, -0.1) is 0 Å². The van der Waals surface area contributed by atoms with Crippen LogP contribution >= 0.6 is 0 Å². The molecule has 7 nitrogen and oxygen atoms in total. The fraction of sp³-hybridized carbons (Fsp3) is 0.550. The highest BCUT2D eigenvalue weighted by molar-refractivity contribution is 5.79. The van der Waals surface area contributed by atoms with E-state index in [-0.39, 0.29) is 6.10 Å². The van der Waals surface area contributed by atoms with E-state index in [1.807, 2.05) is 6.92 Å². The molecule has 7 heteroatoms. The molecule has 27 heavy (non-hydrogen) atoms. The molecule has 0 spiro atoms. The minimum absolute atomic E-state index is 0.131. The molecule has 1 aliphatic rings. The second-order valence-corrected chi connectivity index (χ2v) is 6.97. The van der Waals surface area contributed by atoms with Gasteiger partial charge in [0.15, 0.2) is 11.8 Å². The number of ether oxygens (including phenoxy) is 1. The van der Waals surface area contributed by atoms with Gasteiger partial charge in [0.25, 0.3) is 0 Å². The van der Waals surface area contributed by atoms with Crippen molar-refractivity contribution in [1.82, 2.24) is 20.8 Å². The Labute approximate surface area is 160 Å². The van der Waals surface area contributed by atoms with Gasteiger partial charge in [0.05, 0.1) is 6.10 Å². The molecule has 2 unspecified atom stereocenters. The molecule has 0 bridgehead atoms. The van der Waals surface area contributed by atoms with Crippen molar-refractivity contribution in [2.24, 2.45) is 10.9 Å². The normalized spacial score (nSPS) is 20.5. The molecule has 1 aromatic heterocycles. The number of benzene rings is 1. The summed E-state index contributed by atoms with van der Waals surface area (Å²) in [6.07, 6.45) is 3.03. The van der Waals surface area contributed by atoms with Crippen molar-refractivity contribution >= 4 is 5.96 Å². The lowest BCUT2D eigenvalue weighted by atomic mass is 9.89. The molecule has 0 radical (unpaired) electrons. The first kappa shape index (κ1) is 19.4. The lowest BCUT2D eigenvalue weighted by Crippen LogP contribution is -2.42. The summed E-state index contributed by atoms with van der Waals surface area (Å²) < 4.78 is 11.2. The van der Waals surface area contributed by atoms with Crippen LogP contribution < -0.4 is 10.6 Å². The van der Waals surface area contributed by atoms with Crippen molar-refractivity contribution < 1.29 is 9.26 Å². The first-order chi connectivity index (χ1) is 13.2. The third kappa shape index (κ3) is 5.53. The molecule has 3 rings (SSSR count). The monoisotopic (exact) mass is 371 g/mol. The Morgan fingerprint density at radius 3 is 2.74 bits per heavy atom. The summed E-state index contributed by atoms with van der Waals surface area (Å²) in [6, 6.07) is 8.66. The number of hydrogen-bond donors (Lipinski definition) is 2. The number of aliphatic imine (C=N–C) groups is 1. The molecule has 0 aliphatic carbocycles. The Morgan fingerprint density at radius 2 is 2.04 bits per heavy atom. The summed E-state index contributed by atoms with van der Waals surface area (Å²) in [7, 11) is 1.78. The average molecular weight is 371 g/mol. The second kappa shape index (κ2) is 9.50. The van der Waals surface area contributed by atoms with Crippen LogP contribution in [0.3, 0.4) is 0 Å². The maximum atomic E-state index is 6.10. The zero-order chi connectivity index (χ0) is 19.1. The molecule has 2 N–H and O–H groups in total. The number of aromatic nitrogens is 2. The summed E-state index contributed by atoms with van der Waals surface area (Å²) in [5.74, 6) is 2.49. The van der Waals surface area contributed by atoms with Gasteiger partial charge in [0.2, 0.25) is 5.89 Å². The molecule has 1 saturated heterocycles. The van der Waals surface area contributed by atoms with Crippen molar-refractivity contribution in [3.8, 4) is 0 Å². The van der Waals surface area contributed by atoms with Crippen LogP contribution in [0.1, 0.15) is 41.8 Å². The Hall–Kier alpha value is -2.41. The summed E-state index contributed by atoms with van der Waals surface area (Å²) in [6.45, 7) is 6.25. The highest BCUT2D eigenvalue weighted by atomic mass is 16.5. The zero-order valence-electron chi connectivity index (χ0n) is 16.4. The maximum Gasteiger partial charge on any atom is 0.228 e. The topological polar surface area (TPSA) is 84.6 Å². The first-order valence-corrected chi connectivity index (χ1v) is 9.57. The van der Waals surface area contributed by atoms with E-state index in [0.717, 1.165) is 32.0 Å². The van der Waals surface area contributed by atoms with Gasteiger partial charge >= 0.3 is 0 Å². The fourth-order valence-electron chi connectivity index (χ4n) is 3.35. The average Bonchev–Trinajstić information content (AvgIpc) is 3.10. The Balaban J connectivity index is 1.50. The molecule has 2 heterocycles. The van der Waals surface area contributed by atoms with Gasteiger partial charge in [0.1, 0.15) is 0 Å². The van der Waals surface area contributed by atoms with Crippen LogP contribution in [0, 0.1) is 19.8 Å². The van der Waals surface area contributed by atoms with E-state index in [9.17, 15) is 0 Å². The van der Waals surface area contributed by atoms with Crippen LogP contribution in [0.15, 0.2) is 33.8 Å². The van der Waals surface area contributed by atoms with Gasteiger partial charge in [-0.1, -0.05) is 35.0 Å². The minimum Gasteiger partial charge on any atom is -0.373 e. The van der Waals surface area contributed by atoms with Crippen LogP contribution in [0.2, 0.25) is 0 Å². The number of hydrogen-bond acceptors (Lipinski definition) is 5.